The average Bonchev–Trinajstić information content (AvgIpc) is 3.12. The first-order valence-electron chi connectivity index (χ1n) is 10.3. The van der Waals surface area contributed by atoms with E-state index in [9.17, 15) is 0 Å². The first kappa shape index (κ1) is 19.6. The van der Waals surface area contributed by atoms with Gasteiger partial charge in [0.15, 0.2) is 0 Å². The number of ether oxygens (including phenoxy) is 2. The van der Waals surface area contributed by atoms with Crippen LogP contribution in [0.3, 0.4) is 0 Å². The van der Waals surface area contributed by atoms with Gasteiger partial charge in [0, 0.05) is 24.7 Å². The van der Waals surface area contributed by atoms with E-state index in [0.29, 0.717) is 5.92 Å². The van der Waals surface area contributed by atoms with Crippen LogP contribution in [0.15, 0.2) is 52.9 Å². The molecule has 0 radical (unpaired) electrons. The number of anilines is 1. The number of nitrogens with one attached hydrogen (secondary N) is 1. The smallest absolute Gasteiger partial charge is 0.135 e. The highest BCUT2D eigenvalue weighted by atomic mass is 16.5. The van der Waals surface area contributed by atoms with Crippen molar-refractivity contribution in [2.24, 2.45) is 5.92 Å². The summed E-state index contributed by atoms with van der Waals surface area (Å²) in [7, 11) is 1.92. The van der Waals surface area contributed by atoms with Gasteiger partial charge in [-0.25, -0.2) is 0 Å². The Morgan fingerprint density at radius 1 is 1.10 bits per heavy atom. The number of benzene rings is 2. The summed E-state index contributed by atoms with van der Waals surface area (Å²) in [5.74, 6) is 2.26. The molecule has 1 aliphatic rings. The van der Waals surface area contributed by atoms with Crippen LogP contribution in [0, 0.1) is 5.92 Å². The molecule has 0 amide bonds. The largest absolute Gasteiger partial charge is 0.493 e. The second-order valence-corrected chi connectivity index (χ2v) is 8.33. The molecule has 3 aromatic rings. The minimum atomic E-state index is -0.0462. The van der Waals surface area contributed by atoms with E-state index in [1.165, 1.54) is 0 Å². The Morgan fingerprint density at radius 2 is 1.93 bits per heavy atom. The molecule has 2 heterocycles. The van der Waals surface area contributed by atoms with Crippen molar-refractivity contribution in [3.05, 3.63) is 59.9 Å². The Kier molecular flexibility index (Phi) is 5.63. The second-order valence-electron chi connectivity index (χ2n) is 8.33. The van der Waals surface area contributed by atoms with Gasteiger partial charge in [-0.3, -0.25) is 0 Å². The van der Waals surface area contributed by atoms with Crippen LogP contribution in [-0.2, 0) is 4.74 Å². The topological polar surface area (TPSA) is 43.6 Å². The molecule has 1 saturated heterocycles. The van der Waals surface area contributed by atoms with Gasteiger partial charge in [0.25, 0.3) is 0 Å². The molecule has 152 valence electrons. The van der Waals surface area contributed by atoms with Crippen molar-refractivity contribution in [2.45, 2.75) is 32.3 Å². The summed E-state index contributed by atoms with van der Waals surface area (Å²) in [6.45, 7) is 5.85. The van der Waals surface area contributed by atoms with Gasteiger partial charge in [-0.1, -0.05) is 18.2 Å². The molecule has 29 heavy (non-hydrogen) atoms. The monoisotopic (exact) mass is 391 g/mol. The maximum Gasteiger partial charge on any atom is 0.135 e. The summed E-state index contributed by atoms with van der Waals surface area (Å²) in [6, 6.07) is 16.4. The van der Waals surface area contributed by atoms with Crippen molar-refractivity contribution >= 4 is 28.8 Å². The lowest BCUT2D eigenvalue weighted by molar-refractivity contribution is -0.0785. The average molecular weight is 392 g/mol. The third-order valence-corrected chi connectivity index (χ3v) is 5.43. The predicted octanol–water partition coefficient (Wildman–Crippen LogP) is 6.23. The lowest BCUT2D eigenvalue weighted by Crippen LogP contribution is -2.36. The van der Waals surface area contributed by atoms with Gasteiger partial charge in [0.05, 0.1) is 12.2 Å². The molecule has 2 aromatic carbocycles. The summed E-state index contributed by atoms with van der Waals surface area (Å²) in [4.78, 5) is 0. The van der Waals surface area contributed by atoms with E-state index in [2.05, 4.69) is 61.6 Å². The van der Waals surface area contributed by atoms with Crippen molar-refractivity contribution in [2.75, 3.05) is 25.6 Å². The molecular weight excluding hydrogens is 362 g/mol. The molecule has 1 N–H and O–H groups in total. The number of hydrogen-bond donors (Lipinski definition) is 1. The third-order valence-electron chi connectivity index (χ3n) is 5.43. The summed E-state index contributed by atoms with van der Waals surface area (Å²) in [5, 5.41) is 4.18. The Labute approximate surface area is 172 Å². The Bertz CT molecular complexity index is 985. The Balaban J connectivity index is 1.41. The number of hydrogen-bond acceptors (Lipinski definition) is 4. The Hall–Kier alpha value is -2.72. The molecule has 1 aliphatic heterocycles. The van der Waals surface area contributed by atoms with Gasteiger partial charge in [-0.15, -0.1) is 0 Å². The van der Waals surface area contributed by atoms with E-state index in [-0.39, 0.29) is 5.60 Å². The number of furan rings is 1. The molecule has 1 fully saturated rings. The molecule has 0 bridgehead atoms. The van der Waals surface area contributed by atoms with Crippen molar-refractivity contribution in [3.63, 3.8) is 0 Å². The van der Waals surface area contributed by atoms with Crippen LogP contribution < -0.4 is 10.1 Å². The normalized spacial score (nSPS) is 18.9. The fourth-order valence-electron chi connectivity index (χ4n) is 3.87. The zero-order valence-corrected chi connectivity index (χ0v) is 17.4. The van der Waals surface area contributed by atoms with Crippen LogP contribution in [0.25, 0.3) is 23.1 Å². The van der Waals surface area contributed by atoms with Crippen LogP contribution in [0.4, 0.5) is 5.69 Å². The number of rotatable bonds is 6. The van der Waals surface area contributed by atoms with Gasteiger partial charge in [0.1, 0.15) is 17.1 Å². The zero-order chi connectivity index (χ0) is 20.3. The van der Waals surface area contributed by atoms with Crippen molar-refractivity contribution in [3.8, 4) is 5.75 Å². The highest BCUT2D eigenvalue weighted by Gasteiger charge is 2.29. The summed E-state index contributed by atoms with van der Waals surface area (Å²) < 4.78 is 17.8. The molecule has 4 rings (SSSR count). The molecule has 4 nitrogen and oxygen atoms in total. The van der Waals surface area contributed by atoms with Gasteiger partial charge in [0.2, 0.25) is 0 Å². The fourth-order valence-corrected chi connectivity index (χ4v) is 3.87. The molecule has 1 atom stereocenters. The maximum absolute atomic E-state index is 6.09. The van der Waals surface area contributed by atoms with Gasteiger partial charge in [-0.2, -0.15) is 0 Å². The molecule has 4 heteroatoms. The maximum atomic E-state index is 6.09. The molecular formula is C25H29NO3. The van der Waals surface area contributed by atoms with Crippen LogP contribution in [0.2, 0.25) is 0 Å². The van der Waals surface area contributed by atoms with Gasteiger partial charge < -0.3 is 19.2 Å². The molecule has 1 unspecified atom stereocenters. The van der Waals surface area contributed by atoms with Crippen LogP contribution in [0.5, 0.6) is 5.75 Å². The highest BCUT2D eigenvalue weighted by Crippen LogP contribution is 2.30. The summed E-state index contributed by atoms with van der Waals surface area (Å²) >= 11 is 0. The van der Waals surface area contributed by atoms with Crippen LogP contribution in [-0.4, -0.2) is 25.9 Å². The zero-order valence-electron chi connectivity index (χ0n) is 17.4. The molecule has 0 aliphatic carbocycles. The second kappa shape index (κ2) is 8.34. The predicted molar refractivity (Wildman–Crippen MR) is 119 cm³/mol. The minimum absolute atomic E-state index is 0.0462. The molecule has 0 saturated carbocycles. The summed E-state index contributed by atoms with van der Waals surface area (Å²) in [5.41, 5.74) is 3.06. The number of fused-ring (bicyclic) bond motifs is 1. The molecule has 1 aromatic heterocycles. The van der Waals surface area contributed by atoms with Crippen molar-refractivity contribution in [1.82, 2.24) is 0 Å². The van der Waals surface area contributed by atoms with Gasteiger partial charge >= 0.3 is 0 Å². The van der Waals surface area contributed by atoms with E-state index in [1.54, 1.807) is 0 Å². The van der Waals surface area contributed by atoms with E-state index >= 15 is 0 Å². The first-order chi connectivity index (χ1) is 14.0. The quantitative estimate of drug-likeness (QED) is 0.541. The SMILES string of the molecule is CNc1ccc(C=Cc2cc3cc(OCC4CCOC(C)(C)C4)ccc3o2)cc1. The van der Waals surface area contributed by atoms with Crippen molar-refractivity contribution < 1.29 is 13.9 Å². The lowest BCUT2D eigenvalue weighted by atomic mass is 9.89. The van der Waals surface area contributed by atoms with E-state index < -0.39 is 0 Å². The lowest BCUT2D eigenvalue weighted by Gasteiger charge is -2.35. The summed E-state index contributed by atoms with van der Waals surface area (Å²) in [6.07, 6.45) is 6.15. The van der Waals surface area contributed by atoms with Crippen LogP contribution in [0.1, 0.15) is 38.0 Å². The highest BCUT2D eigenvalue weighted by molar-refractivity contribution is 5.83. The van der Waals surface area contributed by atoms with Crippen molar-refractivity contribution in [1.29, 1.82) is 0 Å². The van der Waals surface area contributed by atoms with E-state index in [1.807, 2.05) is 25.3 Å². The van der Waals surface area contributed by atoms with E-state index in [4.69, 9.17) is 13.9 Å². The Morgan fingerprint density at radius 3 is 2.69 bits per heavy atom. The van der Waals surface area contributed by atoms with Crippen LogP contribution >= 0.6 is 0 Å². The third kappa shape index (κ3) is 5.01. The first-order valence-corrected chi connectivity index (χ1v) is 10.3. The fraction of sp³-hybridized carbons (Fsp3) is 0.360. The van der Waals surface area contributed by atoms with Gasteiger partial charge in [-0.05, 0) is 80.6 Å². The van der Waals surface area contributed by atoms with E-state index in [0.717, 1.165) is 59.8 Å². The minimum Gasteiger partial charge on any atom is -0.493 e. The molecule has 0 spiro atoms. The standard InChI is InChI=1S/C25H29NO3/c1-25(2)16-19(12-13-28-25)17-27-22-10-11-24-20(14-22)15-23(29-24)9-6-18-4-7-21(26-3)8-5-18/h4-11,14-15,19,26H,12-13,16-17H2,1-3H3.